The first-order chi connectivity index (χ1) is 11.5. The van der Waals surface area contributed by atoms with Gasteiger partial charge in [0.1, 0.15) is 0 Å². The molecule has 0 unspecified atom stereocenters. The van der Waals surface area contributed by atoms with Crippen molar-refractivity contribution in [2.24, 2.45) is 0 Å². The van der Waals surface area contributed by atoms with Crippen molar-refractivity contribution in [2.75, 3.05) is 13.1 Å². The minimum Gasteiger partial charge on any atom is -0.352 e. The Morgan fingerprint density at radius 3 is 2.38 bits per heavy atom. The molecule has 0 spiro atoms. The van der Waals surface area contributed by atoms with E-state index in [0.29, 0.717) is 40.7 Å². The van der Waals surface area contributed by atoms with Gasteiger partial charge in [0.25, 0.3) is 11.8 Å². The number of aryl methyl sites for hydroxylation is 1. The lowest BCUT2D eigenvalue weighted by atomic mass is 10.2. The Morgan fingerprint density at radius 1 is 1.04 bits per heavy atom. The van der Waals surface area contributed by atoms with Crippen molar-refractivity contribution in [3.8, 4) is 0 Å². The van der Waals surface area contributed by atoms with Crippen molar-refractivity contribution in [2.45, 2.75) is 13.3 Å². The molecule has 5 nitrogen and oxygen atoms in total. The van der Waals surface area contributed by atoms with E-state index in [-0.39, 0.29) is 11.8 Å². The maximum atomic E-state index is 12.0. The summed E-state index contributed by atoms with van der Waals surface area (Å²) in [6.45, 7) is 2.73. The molecule has 0 aliphatic heterocycles. The van der Waals surface area contributed by atoms with Gasteiger partial charge in [0.15, 0.2) is 0 Å². The van der Waals surface area contributed by atoms with Crippen molar-refractivity contribution < 1.29 is 9.59 Å². The Morgan fingerprint density at radius 2 is 1.75 bits per heavy atom. The zero-order chi connectivity index (χ0) is 17.5. The smallest absolute Gasteiger partial charge is 0.252 e. The third-order valence-corrected chi connectivity index (χ3v) is 3.82. The normalized spacial score (nSPS) is 10.3. The van der Waals surface area contributed by atoms with Crippen LogP contribution in [0.4, 0.5) is 0 Å². The van der Waals surface area contributed by atoms with Gasteiger partial charge in [-0.3, -0.25) is 14.6 Å². The first kappa shape index (κ1) is 18.2. The number of pyridine rings is 1. The maximum Gasteiger partial charge on any atom is 0.252 e. The fourth-order valence-corrected chi connectivity index (χ4v) is 2.46. The second kappa shape index (κ2) is 8.66. The molecule has 0 aliphatic rings. The molecule has 7 heteroatoms. The highest BCUT2D eigenvalue weighted by molar-refractivity contribution is 6.36. The van der Waals surface area contributed by atoms with E-state index < -0.39 is 0 Å². The summed E-state index contributed by atoms with van der Waals surface area (Å²) in [7, 11) is 0. The third-order valence-electron chi connectivity index (χ3n) is 3.27. The number of hydrogen-bond donors (Lipinski definition) is 2. The highest BCUT2D eigenvalue weighted by Gasteiger charge is 2.10. The van der Waals surface area contributed by atoms with E-state index in [1.807, 2.05) is 6.92 Å². The molecule has 1 aromatic carbocycles. The van der Waals surface area contributed by atoms with E-state index in [9.17, 15) is 9.59 Å². The molecule has 1 aromatic heterocycles. The van der Waals surface area contributed by atoms with Crippen molar-refractivity contribution in [3.63, 3.8) is 0 Å². The van der Waals surface area contributed by atoms with Crippen molar-refractivity contribution in [1.29, 1.82) is 0 Å². The molecule has 24 heavy (non-hydrogen) atoms. The standard InChI is InChI=1S/C17H17Cl2N3O2/c1-11-3-4-12(10-22-11)16(23)20-7-2-8-21-17(24)14-6-5-13(18)9-15(14)19/h3-6,9-10H,2,7-8H2,1H3,(H,20,23)(H,21,24). The van der Waals surface area contributed by atoms with Gasteiger partial charge in [-0.15, -0.1) is 0 Å². The van der Waals surface area contributed by atoms with Gasteiger partial charge in [0.2, 0.25) is 0 Å². The summed E-state index contributed by atoms with van der Waals surface area (Å²) in [6.07, 6.45) is 2.14. The highest BCUT2D eigenvalue weighted by atomic mass is 35.5. The summed E-state index contributed by atoms with van der Waals surface area (Å²) in [4.78, 5) is 28.0. The van der Waals surface area contributed by atoms with Gasteiger partial charge in [-0.2, -0.15) is 0 Å². The summed E-state index contributed by atoms with van der Waals surface area (Å²) in [5, 5.41) is 6.31. The van der Waals surface area contributed by atoms with Crippen LogP contribution in [0.2, 0.25) is 10.0 Å². The molecule has 2 aromatic rings. The Kier molecular flexibility index (Phi) is 6.58. The topological polar surface area (TPSA) is 71.1 Å². The SMILES string of the molecule is Cc1ccc(C(=O)NCCCNC(=O)c2ccc(Cl)cc2Cl)cn1. The summed E-state index contributed by atoms with van der Waals surface area (Å²) in [5.41, 5.74) is 1.74. The number of rotatable bonds is 6. The van der Waals surface area contributed by atoms with E-state index in [1.54, 1.807) is 24.3 Å². The number of nitrogens with one attached hydrogen (secondary N) is 2. The molecular formula is C17H17Cl2N3O2. The largest absolute Gasteiger partial charge is 0.352 e. The van der Waals surface area contributed by atoms with Gasteiger partial charge in [-0.05, 0) is 43.7 Å². The fourth-order valence-electron chi connectivity index (χ4n) is 1.97. The highest BCUT2D eigenvalue weighted by Crippen LogP contribution is 2.20. The van der Waals surface area contributed by atoms with Crippen molar-refractivity contribution in [1.82, 2.24) is 15.6 Å². The zero-order valence-corrected chi connectivity index (χ0v) is 14.6. The van der Waals surface area contributed by atoms with Gasteiger partial charge in [-0.1, -0.05) is 23.2 Å². The minimum atomic E-state index is -0.272. The molecule has 126 valence electrons. The van der Waals surface area contributed by atoms with E-state index in [2.05, 4.69) is 15.6 Å². The molecule has 1 heterocycles. The van der Waals surface area contributed by atoms with Gasteiger partial charge in [0.05, 0.1) is 16.1 Å². The average molecular weight is 366 g/mol. The summed E-state index contributed by atoms with van der Waals surface area (Å²) in [5.74, 6) is -0.458. The quantitative estimate of drug-likeness (QED) is 0.771. The maximum absolute atomic E-state index is 12.0. The van der Waals surface area contributed by atoms with E-state index in [0.717, 1.165) is 5.69 Å². The molecule has 0 radical (unpaired) electrons. The van der Waals surface area contributed by atoms with Crippen LogP contribution in [-0.2, 0) is 0 Å². The number of aromatic nitrogens is 1. The number of benzene rings is 1. The second-order valence-corrected chi connectivity index (χ2v) is 6.02. The van der Waals surface area contributed by atoms with Gasteiger partial charge < -0.3 is 10.6 Å². The average Bonchev–Trinajstić information content (AvgIpc) is 2.54. The van der Waals surface area contributed by atoms with E-state index in [4.69, 9.17) is 23.2 Å². The van der Waals surface area contributed by atoms with Crippen LogP contribution in [0.15, 0.2) is 36.5 Å². The van der Waals surface area contributed by atoms with Crippen LogP contribution in [0.1, 0.15) is 32.8 Å². The van der Waals surface area contributed by atoms with Crippen LogP contribution in [0.3, 0.4) is 0 Å². The first-order valence-corrected chi connectivity index (χ1v) is 8.17. The van der Waals surface area contributed by atoms with E-state index >= 15 is 0 Å². The first-order valence-electron chi connectivity index (χ1n) is 7.41. The van der Waals surface area contributed by atoms with Crippen LogP contribution in [0.25, 0.3) is 0 Å². The lowest BCUT2D eigenvalue weighted by molar-refractivity contribution is 0.0951. The van der Waals surface area contributed by atoms with Crippen molar-refractivity contribution >= 4 is 35.0 Å². The minimum absolute atomic E-state index is 0.186. The van der Waals surface area contributed by atoms with E-state index in [1.165, 1.54) is 12.3 Å². The molecule has 0 bridgehead atoms. The van der Waals surface area contributed by atoms with Crippen LogP contribution in [0, 0.1) is 6.92 Å². The third kappa shape index (κ3) is 5.22. The van der Waals surface area contributed by atoms with Crippen LogP contribution in [0.5, 0.6) is 0 Å². The number of carbonyl (C=O) groups excluding carboxylic acids is 2. The predicted octanol–water partition coefficient (Wildman–Crippen LogP) is 3.25. The van der Waals surface area contributed by atoms with Gasteiger partial charge >= 0.3 is 0 Å². The van der Waals surface area contributed by atoms with Crippen molar-refractivity contribution in [3.05, 3.63) is 63.4 Å². The fraction of sp³-hybridized carbons (Fsp3) is 0.235. The Hall–Kier alpha value is -2.11. The van der Waals surface area contributed by atoms with Crippen LogP contribution >= 0.6 is 23.2 Å². The predicted molar refractivity (Wildman–Crippen MR) is 94.7 cm³/mol. The summed E-state index contributed by atoms with van der Waals surface area (Å²) in [6, 6.07) is 8.21. The molecule has 0 atom stereocenters. The number of hydrogen-bond acceptors (Lipinski definition) is 3. The molecular weight excluding hydrogens is 349 g/mol. The number of nitrogens with zero attached hydrogens (tertiary/aromatic N) is 1. The molecule has 0 fully saturated rings. The molecule has 2 rings (SSSR count). The summed E-state index contributed by atoms with van der Waals surface area (Å²) >= 11 is 11.8. The molecule has 2 amide bonds. The van der Waals surface area contributed by atoms with Gasteiger partial charge in [0, 0.05) is 30.0 Å². The van der Waals surface area contributed by atoms with Crippen LogP contribution < -0.4 is 10.6 Å². The monoisotopic (exact) mass is 365 g/mol. The Labute approximate surface area is 150 Å². The number of amides is 2. The molecule has 0 saturated heterocycles. The molecule has 0 saturated carbocycles. The van der Waals surface area contributed by atoms with Crippen LogP contribution in [-0.4, -0.2) is 29.9 Å². The summed E-state index contributed by atoms with van der Waals surface area (Å²) < 4.78 is 0. The lowest BCUT2D eigenvalue weighted by Gasteiger charge is -2.08. The number of carbonyl (C=O) groups is 2. The zero-order valence-electron chi connectivity index (χ0n) is 13.1. The lowest BCUT2D eigenvalue weighted by Crippen LogP contribution is -2.30. The number of halogens is 2. The molecule has 2 N–H and O–H groups in total. The molecule has 0 aliphatic carbocycles. The Balaban J connectivity index is 1.72. The Bertz CT molecular complexity index is 733. The second-order valence-electron chi connectivity index (χ2n) is 5.18. The van der Waals surface area contributed by atoms with Gasteiger partial charge in [-0.25, -0.2) is 0 Å².